The Hall–Kier alpha value is -4.32. The fourth-order valence-corrected chi connectivity index (χ4v) is 2.97. The number of hydrogen-bond acceptors (Lipinski definition) is 6. The predicted molar refractivity (Wildman–Crippen MR) is 100 cm³/mol. The molecule has 0 unspecified atom stereocenters. The van der Waals surface area contributed by atoms with E-state index in [0.717, 1.165) is 5.56 Å². The van der Waals surface area contributed by atoms with Crippen molar-refractivity contribution in [3.05, 3.63) is 92.7 Å². The van der Waals surface area contributed by atoms with Gasteiger partial charge in [-0.3, -0.25) is 19.5 Å². The first kappa shape index (κ1) is 17.1. The summed E-state index contributed by atoms with van der Waals surface area (Å²) in [6.07, 6.45) is 2.72. The van der Waals surface area contributed by atoms with Crippen LogP contribution in [-0.2, 0) is 6.54 Å². The first-order valence-corrected chi connectivity index (χ1v) is 8.24. The van der Waals surface area contributed by atoms with Gasteiger partial charge >= 0.3 is 0 Å². The van der Waals surface area contributed by atoms with Crippen molar-refractivity contribution < 1.29 is 4.92 Å². The Labute approximate surface area is 157 Å². The van der Waals surface area contributed by atoms with Gasteiger partial charge in [-0.2, -0.15) is 10.4 Å². The van der Waals surface area contributed by atoms with Crippen molar-refractivity contribution in [1.82, 2.24) is 19.3 Å². The zero-order valence-corrected chi connectivity index (χ0v) is 14.4. The minimum Gasteiger partial charge on any atom is -0.294 e. The lowest BCUT2D eigenvalue weighted by Gasteiger charge is -2.07. The van der Waals surface area contributed by atoms with Gasteiger partial charge in [0.1, 0.15) is 17.4 Å². The van der Waals surface area contributed by atoms with Gasteiger partial charge in [0.25, 0.3) is 11.2 Å². The normalized spacial score (nSPS) is 10.7. The predicted octanol–water partition coefficient (Wildman–Crippen LogP) is 2.41. The van der Waals surface area contributed by atoms with E-state index in [4.69, 9.17) is 5.26 Å². The van der Waals surface area contributed by atoms with Crippen molar-refractivity contribution in [3.8, 4) is 11.8 Å². The fraction of sp³-hybridized carbons (Fsp3) is 0.0526. The molecule has 0 radical (unpaired) electrons. The van der Waals surface area contributed by atoms with Gasteiger partial charge in [-0.05, 0) is 23.8 Å². The van der Waals surface area contributed by atoms with Gasteiger partial charge in [-0.1, -0.05) is 24.3 Å². The number of nitrogens with zero attached hydrogens (tertiary/aromatic N) is 6. The van der Waals surface area contributed by atoms with Crippen LogP contribution in [0.5, 0.6) is 0 Å². The van der Waals surface area contributed by atoms with Crippen molar-refractivity contribution >= 4 is 16.7 Å². The van der Waals surface area contributed by atoms with E-state index in [0.29, 0.717) is 5.56 Å². The van der Waals surface area contributed by atoms with Crippen LogP contribution in [0, 0.1) is 21.4 Å². The molecule has 0 saturated carbocycles. The molecule has 0 saturated heterocycles. The van der Waals surface area contributed by atoms with Crippen LogP contribution in [0.15, 0.2) is 65.8 Å². The number of nitro groups is 1. The highest BCUT2D eigenvalue weighted by atomic mass is 16.6. The Balaban J connectivity index is 1.80. The minimum absolute atomic E-state index is 0.133. The zero-order chi connectivity index (χ0) is 19.7. The highest BCUT2D eigenvalue weighted by molar-refractivity contribution is 5.76. The molecular formula is C19H12N6O3. The number of rotatable bonds is 4. The Morgan fingerprint density at radius 3 is 2.79 bits per heavy atom. The summed E-state index contributed by atoms with van der Waals surface area (Å²) in [6.45, 7) is 0.244. The Morgan fingerprint density at radius 1 is 1.18 bits per heavy atom. The summed E-state index contributed by atoms with van der Waals surface area (Å²) >= 11 is 0. The summed E-state index contributed by atoms with van der Waals surface area (Å²) in [5.74, 6) is 0. The van der Waals surface area contributed by atoms with Crippen molar-refractivity contribution in [2.75, 3.05) is 0 Å². The van der Waals surface area contributed by atoms with Gasteiger partial charge in [0.15, 0.2) is 5.65 Å². The lowest BCUT2D eigenvalue weighted by molar-refractivity contribution is -0.384. The van der Waals surface area contributed by atoms with Crippen LogP contribution in [0.3, 0.4) is 0 Å². The third-order valence-corrected chi connectivity index (χ3v) is 4.27. The number of aromatic nitrogens is 4. The molecule has 0 aliphatic heterocycles. The van der Waals surface area contributed by atoms with Gasteiger partial charge in [0.2, 0.25) is 0 Å². The molecular weight excluding hydrogens is 360 g/mol. The summed E-state index contributed by atoms with van der Waals surface area (Å²) < 4.78 is 2.69. The van der Waals surface area contributed by atoms with Crippen LogP contribution < -0.4 is 5.56 Å². The molecule has 2 aromatic heterocycles. The Kier molecular flexibility index (Phi) is 4.14. The number of benzene rings is 2. The second-order valence-electron chi connectivity index (χ2n) is 6.03. The fourth-order valence-electron chi connectivity index (χ4n) is 2.97. The molecule has 0 spiro atoms. The average Bonchev–Trinajstić information content (AvgIpc) is 3.15. The van der Waals surface area contributed by atoms with Crippen molar-refractivity contribution in [2.24, 2.45) is 0 Å². The van der Waals surface area contributed by atoms with Crippen LogP contribution in [0.1, 0.15) is 11.1 Å². The molecule has 136 valence electrons. The summed E-state index contributed by atoms with van der Waals surface area (Å²) in [4.78, 5) is 27.9. The molecule has 0 atom stereocenters. The molecule has 9 heteroatoms. The second-order valence-corrected chi connectivity index (χ2v) is 6.03. The van der Waals surface area contributed by atoms with E-state index in [-0.39, 0.29) is 34.5 Å². The lowest BCUT2D eigenvalue weighted by atomic mass is 10.1. The molecule has 9 nitrogen and oxygen atoms in total. The SMILES string of the molecule is N#Cc1cccc(Cn2cnc3c(cnn3-c3ccccc3[N+](=O)[O-])c2=O)c1. The van der Waals surface area contributed by atoms with Crippen LogP contribution in [0.2, 0.25) is 0 Å². The summed E-state index contributed by atoms with van der Waals surface area (Å²) in [7, 11) is 0. The smallest absolute Gasteiger partial charge is 0.294 e. The van der Waals surface area contributed by atoms with E-state index >= 15 is 0 Å². The molecule has 2 heterocycles. The molecule has 0 aliphatic rings. The number of hydrogen-bond donors (Lipinski definition) is 0. The van der Waals surface area contributed by atoms with Crippen molar-refractivity contribution in [2.45, 2.75) is 6.54 Å². The molecule has 4 rings (SSSR count). The quantitative estimate of drug-likeness (QED) is 0.401. The van der Waals surface area contributed by atoms with Crippen LogP contribution >= 0.6 is 0 Å². The largest absolute Gasteiger partial charge is 0.294 e. The van der Waals surface area contributed by atoms with Crippen molar-refractivity contribution in [1.29, 1.82) is 5.26 Å². The number of nitro benzene ring substituents is 1. The second kappa shape index (κ2) is 6.77. The Morgan fingerprint density at radius 2 is 2.00 bits per heavy atom. The summed E-state index contributed by atoms with van der Waals surface area (Å²) in [6, 6.07) is 15.1. The van der Waals surface area contributed by atoms with Crippen LogP contribution in [-0.4, -0.2) is 24.3 Å². The van der Waals surface area contributed by atoms with E-state index in [1.165, 1.54) is 27.8 Å². The maximum absolute atomic E-state index is 12.8. The third kappa shape index (κ3) is 2.89. The van der Waals surface area contributed by atoms with Crippen LogP contribution in [0.25, 0.3) is 16.7 Å². The van der Waals surface area contributed by atoms with Gasteiger partial charge in [-0.15, -0.1) is 0 Å². The maximum atomic E-state index is 12.8. The molecule has 0 bridgehead atoms. The number of nitriles is 1. The van der Waals surface area contributed by atoms with E-state index in [1.807, 2.05) is 6.07 Å². The monoisotopic (exact) mass is 372 g/mol. The van der Waals surface area contributed by atoms with Gasteiger partial charge < -0.3 is 0 Å². The highest BCUT2D eigenvalue weighted by Gasteiger charge is 2.19. The van der Waals surface area contributed by atoms with E-state index in [1.54, 1.807) is 36.4 Å². The topological polar surface area (TPSA) is 120 Å². The van der Waals surface area contributed by atoms with E-state index in [2.05, 4.69) is 16.2 Å². The number of para-hydroxylation sites is 2. The standard InChI is InChI=1S/C19H12N6O3/c20-9-13-4-3-5-14(8-13)11-23-12-21-18-15(19(23)26)10-22-24(18)16-6-1-2-7-17(16)25(27)28/h1-8,10,12H,11H2. The molecule has 28 heavy (non-hydrogen) atoms. The molecule has 0 amide bonds. The minimum atomic E-state index is -0.508. The third-order valence-electron chi connectivity index (χ3n) is 4.27. The van der Waals surface area contributed by atoms with Gasteiger partial charge in [-0.25, -0.2) is 9.67 Å². The summed E-state index contributed by atoms with van der Waals surface area (Å²) in [5.41, 5.74) is 1.30. The molecule has 0 N–H and O–H groups in total. The zero-order valence-electron chi connectivity index (χ0n) is 14.4. The first-order chi connectivity index (χ1) is 13.6. The van der Waals surface area contributed by atoms with Crippen LogP contribution in [0.4, 0.5) is 5.69 Å². The lowest BCUT2D eigenvalue weighted by Crippen LogP contribution is -2.21. The highest BCUT2D eigenvalue weighted by Crippen LogP contribution is 2.23. The Bertz CT molecular complexity index is 1320. The van der Waals surface area contributed by atoms with E-state index in [9.17, 15) is 14.9 Å². The average molecular weight is 372 g/mol. The van der Waals surface area contributed by atoms with Gasteiger partial charge in [0, 0.05) is 6.07 Å². The van der Waals surface area contributed by atoms with Crippen molar-refractivity contribution in [3.63, 3.8) is 0 Å². The van der Waals surface area contributed by atoms with Gasteiger partial charge in [0.05, 0.1) is 29.3 Å². The molecule has 0 fully saturated rings. The number of fused-ring (bicyclic) bond motifs is 1. The van der Waals surface area contributed by atoms with E-state index < -0.39 is 4.92 Å². The first-order valence-electron chi connectivity index (χ1n) is 8.24. The maximum Gasteiger partial charge on any atom is 0.294 e. The molecule has 4 aromatic rings. The molecule has 2 aromatic carbocycles. The summed E-state index contributed by atoms with van der Waals surface area (Å²) in [5, 5.41) is 24.7. The molecule has 0 aliphatic carbocycles.